The minimum absolute atomic E-state index is 0.0183. The number of carbonyl (C=O) groups is 2. The summed E-state index contributed by atoms with van der Waals surface area (Å²) in [6, 6.07) is 5.44. The van der Waals surface area contributed by atoms with Gasteiger partial charge in [-0.3, -0.25) is 15.1 Å². The molecule has 11 heteroatoms. The summed E-state index contributed by atoms with van der Waals surface area (Å²) in [5.74, 6) is 0.386. The van der Waals surface area contributed by atoms with Crippen molar-refractivity contribution in [3.63, 3.8) is 0 Å². The molecule has 0 aliphatic carbocycles. The first-order valence-corrected chi connectivity index (χ1v) is 9.54. The molecule has 2 fully saturated rings. The van der Waals surface area contributed by atoms with E-state index in [1.165, 1.54) is 4.90 Å². The third-order valence-electron chi connectivity index (χ3n) is 4.59. The molecule has 0 saturated carbocycles. The number of guanidine groups is 1. The molecular weight excluding hydrogens is 402 g/mol. The lowest BCUT2D eigenvalue weighted by atomic mass is 10.1. The molecule has 0 radical (unpaired) electrons. The highest BCUT2D eigenvalue weighted by atomic mass is 35.5. The number of nitrogens with one attached hydrogen (secondary N) is 2. The Balaban J connectivity index is 1.72. The minimum Gasteiger partial charge on any atom is -0.491 e. The molecule has 4 N–H and O–H groups in total. The van der Waals surface area contributed by atoms with Crippen LogP contribution in [0, 0.1) is 0 Å². The van der Waals surface area contributed by atoms with Crippen LogP contribution in [0.5, 0.6) is 5.75 Å². The molecule has 1 aromatic rings. The van der Waals surface area contributed by atoms with E-state index in [1.807, 2.05) is 0 Å². The number of hydrogen-bond acceptors (Lipinski definition) is 6. The fraction of sp³-hybridized carbons (Fsp3) is 0.500. The molecule has 4 atom stereocenters. The first-order chi connectivity index (χ1) is 13.8. The van der Waals surface area contributed by atoms with Gasteiger partial charge in [-0.1, -0.05) is 11.6 Å². The molecule has 3 rings (SSSR count). The van der Waals surface area contributed by atoms with Gasteiger partial charge in [0.05, 0.1) is 19.2 Å². The van der Waals surface area contributed by atoms with Crippen molar-refractivity contribution < 1.29 is 24.5 Å². The molecule has 2 aliphatic rings. The Labute approximate surface area is 173 Å². The lowest BCUT2D eigenvalue weighted by Gasteiger charge is -2.35. The molecule has 0 spiro atoms. The highest BCUT2D eigenvalue weighted by Crippen LogP contribution is 2.21. The highest BCUT2D eigenvalue weighted by molar-refractivity contribution is 6.30. The number of nitrogens with zero attached hydrogens (tertiary/aromatic N) is 3. The summed E-state index contributed by atoms with van der Waals surface area (Å²) in [7, 11) is 1.56. The largest absolute Gasteiger partial charge is 0.491 e. The second kappa shape index (κ2) is 8.85. The molecule has 1 aromatic carbocycles. The number of aliphatic hydroxyl groups excluding tert-OH is 2. The van der Waals surface area contributed by atoms with Crippen LogP contribution < -0.4 is 15.4 Å². The van der Waals surface area contributed by atoms with Crippen LogP contribution in [0.1, 0.15) is 6.92 Å². The van der Waals surface area contributed by atoms with E-state index in [2.05, 4.69) is 15.6 Å². The van der Waals surface area contributed by atoms with Crippen LogP contribution in [0.3, 0.4) is 0 Å². The lowest BCUT2D eigenvalue weighted by molar-refractivity contribution is -0.127. The zero-order valence-corrected chi connectivity index (χ0v) is 16.8. The van der Waals surface area contributed by atoms with E-state index in [-0.39, 0.29) is 19.7 Å². The van der Waals surface area contributed by atoms with E-state index in [9.17, 15) is 19.8 Å². The Morgan fingerprint density at radius 2 is 1.97 bits per heavy atom. The van der Waals surface area contributed by atoms with Crippen LogP contribution in [0.15, 0.2) is 29.3 Å². The lowest BCUT2D eigenvalue weighted by Crippen LogP contribution is -2.65. The van der Waals surface area contributed by atoms with Crippen molar-refractivity contribution in [3.8, 4) is 5.75 Å². The Morgan fingerprint density at radius 3 is 2.62 bits per heavy atom. The number of imide groups is 1. The second-order valence-electron chi connectivity index (χ2n) is 7.02. The average molecular weight is 426 g/mol. The normalized spacial score (nSPS) is 24.8. The molecule has 2 aliphatic heterocycles. The van der Waals surface area contributed by atoms with Gasteiger partial charge < -0.3 is 30.1 Å². The van der Waals surface area contributed by atoms with Crippen LogP contribution in [0.4, 0.5) is 4.79 Å². The fourth-order valence-corrected chi connectivity index (χ4v) is 3.27. The third kappa shape index (κ3) is 4.89. The first-order valence-electron chi connectivity index (χ1n) is 9.16. The predicted octanol–water partition coefficient (Wildman–Crippen LogP) is -0.402. The number of β-amino-alcohol motifs (C(OH)–C–C–N with tert-alkyl or cyclic N) is 1. The van der Waals surface area contributed by atoms with Gasteiger partial charge in [-0.2, -0.15) is 0 Å². The number of hydrogen-bond donors (Lipinski definition) is 4. The van der Waals surface area contributed by atoms with Gasteiger partial charge in [-0.25, -0.2) is 4.79 Å². The molecule has 0 aromatic heterocycles. The third-order valence-corrected chi connectivity index (χ3v) is 4.84. The van der Waals surface area contributed by atoms with Gasteiger partial charge in [-0.05, 0) is 31.2 Å². The van der Waals surface area contributed by atoms with Crippen LogP contribution >= 0.6 is 11.6 Å². The summed E-state index contributed by atoms with van der Waals surface area (Å²) in [6.07, 6.45) is -2.26. The van der Waals surface area contributed by atoms with E-state index >= 15 is 0 Å². The van der Waals surface area contributed by atoms with Gasteiger partial charge in [0.1, 0.15) is 24.6 Å². The van der Waals surface area contributed by atoms with Crippen molar-refractivity contribution in [3.05, 3.63) is 29.3 Å². The number of amides is 3. The van der Waals surface area contributed by atoms with Crippen molar-refractivity contribution in [2.75, 3.05) is 26.7 Å². The van der Waals surface area contributed by atoms with Gasteiger partial charge in [0.15, 0.2) is 12.0 Å². The topological polar surface area (TPSA) is 127 Å². The Kier molecular flexibility index (Phi) is 6.46. The van der Waals surface area contributed by atoms with Crippen molar-refractivity contribution in [2.24, 2.45) is 4.99 Å². The highest BCUT2D eigenvalue weighted by Gasteiger charge is 2.50. The van der Waals surface area contributed by atoms with E-state index in [1.54, 1.807) is 43.1 Å². The second-order valence-corrected chi connectivity index (χ2v) is 7.46. The molecule has 3 amide bonds. The molecule has 10 nitrogen and oxygen atoms in total. The predicted molar refractivity (Wildman–Crippen MR) is 106 cm³/mol. The van der Waals surface area contributed by atoms with Crippen molar-refractivity contribution >= 4 is 29.5 Å². The Morgan fingerprint density at radius 1 is 1.28 bits per heavy atom. The zero-order chi connectivity index (χ0) is 21.1. The monoisotopic (exact) mass is 425 g/mol. The average Bonchev–Trinajstić information content (AvgIpc) is 3.03. The number of benzene rings is 1. The van der Waals surface area contributed by atoms with E-state index < -0.39 is 36.4 Å². The van der Waals surface area contributed by atoms with Crippen molar-refractivity contribution in [1.82, 2.24) is 20.4 Å². The smallest absolute Gasteiger partial charge is 0.325 e. The molecule has 29 heavy (non-hydrogen) atoms. The minimum atomic E-state index is -0.946. The number of halogens is 1. The molecule has 158 valence electrons. The molecule has 4 unspecified atom stereocenters. The fourth-order valence-electron chi connectivity index (χ4n) is 3.14. The Hall–Kier alpha value is -2.56. The van der Waals surface area contributed by atoms with Crippen molar-refractivity contribution in [2.45, 2.75) is 31.3 Å². The number of aliphatic hydroxyl groups is 2. The van der Waals surface area contributed by atoms with E-state index in [0.717, 1.165) is 0 Å². The van der Waals surface area contributed by atoms with Crippen LogP contribution in [0.2, 0.25) is 5.02 Å². The maximum absolute atomic E-state index is 12.4. The first kappa shape index (κ1) is 21.2. The maximum Gasteiger partial charge on any atom is 0.325 e. The van der Waals surface area contributed by atoms with Gasteiger partial charge >= 0.3 is 6.03 Å². The number of urea groups is 1. The standard InChI is InChI=1S/C18H24ClN5O5/c1-10(25)7-20-17-21-15-14(16(27)22-18(28)23(15)2)24(17)8-12(26)9-29-13-5-3-11(19)4-6-13/h3-6,10,12,14-15,25-26H,7-9H2,1-2H3,(H,20,21)(H,22,27,28). The van der Waals surface area contributed by atoms with Gasteiger partial charge in [0.2, 0.25) is 0 Å². The Bertz CT molecular complexity index is 787. The maximum atomic E-state index is 12.4. The quantitative estimate of drug-likeness (QED) is 0.468. The number of rotatable bonds is 7. The summed E-state index contributed by atoms with van der Waals surface area (Å²) in [5, 5.41) is 25.9. The molecule has 2 heterocycles. The van der Waals surface area contributed by atoms with Gasteiger partial charge in [0, 0.05) is 12.1 Å². The zero-order valence-electron chi connectivity index (χ0n) is 16.1. The number of fused-ring (bicyclic) bond motifs is 1. The number of carbonyl (C=O) groups excluding carboxylic acids is 2. The molecular formula is C18H24ClN5O5. The molecule has 2 saturated heterocycles. The van der Waals surface area contributed by atoms with Gasteiger partial charge in [0.25, 0.3) is 5.91 Å². The summed E-state index contributed by atoms with van der Waals surface area (Å²) in [6.45, 7) is 1.72. The number of aliphatic imine (C=N–C) groups is 1. The van der Waals surface area contributed by atoms with Crippen LogP contribution in [-0.4, -0.2) is 89.1 Å². The van der Waals surface area contributed by atoms with E-state index in [4.69, 9.17) is 16.3 Å². The SMILES string of the molecule is CC(O)CN=C1NC2C(C(=O)NC(=O)N2C)N1CC(O)COc1ccc(Cl)cc1. The molecule has 0 bridgehead atoms. The summed E-state index contributed by atoms with van der Waals surface area (Å²) >= 11 is 5.84. The number of likely N-dealkylation sites (N-methyl/N-ethyl adjacent to an activating group) is 1. The van der Waals surface area contributed by atoms with Crippen molar-refractivity contribution in [1.29, 1.82) is 0 Å². The van der Waals surface area contributed by atoms with Crippen LogP contribution in [0.25, 0.3) is 0 Å². The summed E-state index contributed by atoms with van der Waals surface area (Å²) < 4.78 is 5.57. The van der Waals surface area contributed by atoms with E-state index in [0.29, 0.717) is 16.7 Å². The number of ether oxygens (including phenoxy) is 1. The summed E-state index contributed by atoms with van der Waals surface area (Å²) in [5.41, 5.74) is 0. The van der Waals surface area contributed by atoms with Crippen LogP contribution in [-0.2, 0) is 4.79 Å². The summed E-state index contributed by atoms with van der Waals surface area (Å²) in [4.78, 5) is 31.6. The van der Waals surface area contributed by atoms with Gasteiger partial charge in [-0.15, -0.1) is 0 Å².